The predicted octanol–water partition coefficient (Wildman–Crippen LogP) is 3.17. The molecule has 1 heterocycles. The third-order valence-electron chi connectivity index (χ3n) is 4.05. The average Bonchev–Trinajstić information content (AvgIpc) is 3.01. The minimum atomic E-state index is -4.89. The van der Waals surface area contributed by atoms with Crippen molar-refractivity contribution in [3.8, 4) is 0 Å². The zero-order chi connectivity index (χ0) is 19.4. The summed E-state index contributed by atoms with van der Waals surface area (Å²) < 4.78 is 41.3. The number of aromatic nitrogens is 2. The number of imidazole rings is 1. The molecule has 0 aliphatic heterocycles. The maximum Gasteiger partial charge on any atom is 0.424 e. The van der Waals surface area contributed by atoms with Gasteiger partial charge in [0.15, 0.2) is 5.96 Å². The van der Waals surface area contributed by atoms with Crippen molar-refractivity contribution in [2.45, 2.75) is 31.5 Å². The number of nitrogens with two attached hydrogens (primary N) is 1. The number of hydrogen-bond donors (Lipinski definition) is 3. The van der Waals surface area contributed by atoms with Crippen molar-refractivity contribution in [3.05, 3.63) is 48.0 Å². The van der Waals surface area contributed by atoms with Gasteiger partial charge < -0.3 is 20.7 Å². The Balaban J connectivity index is 0.00000364. The minimum absolute atomic E-state index is 0. The van der Waals surface area contributed by atoms with Crippen molar-refractivity contribution in [1.82, 2.24) is 9.55 Å². The Labute approximate surface area is 172 Å². The summed E-state index contributed by atoms with van der Waals surface area (Å²) in [5.74, 6) is -0.513. The molecule has 0 radical (unpaired) electrons. The third kappa shape index (κ3) is 5.58. The SMILES string of the molecule is CCc1ccc(NC(N)=NCCC(O)(c2nccn2C)C(F)(F)F)cc1.I. The Hall–Kier alpha value is -1.82. The van der Waals surface area contributed by atoms with E-state index in [1.807, 2.05) is 19.1 Å². The first kappa shape index (κ1) is 23.2. The molecule has 0 fully saturated rings. The molecule has 0 amide bonds. The quantitative estimate of drug-likeness (QED) is 0.325. The van der Waals surface area contributed by atoms with E-state index in [2.05, 4.69) is 15.3 Å². The molecule has 1 unspecified atom stereocenters. The third-order valence-corrected chi connectivity index (χ3v) is 4.05. The van der Waals surface area contributed by atoms with Gasteiger partial charge in [-0.2, -0.15) is 13.2 Å². The second kappa shape index (κ2) is 9.40. The Morgan fingerprint density at radius 2 is 1.93 bits per heavy atom. The Morgan fingerprint density at radius 1 is 1.30 bits per heavy atom. The number of hydrogen-bond acceptors (Lipinski definition) is 3. The van der Waals surface area contributed by atoms with Crippen LogP contribution in [0.3, 0.4) is 0 Å². The van der Waals surface area contributed by atoms with Crippen LogP contribution in [0, 0.1) is 0 Å². The molecule has 10 heteroatoms. The molecule has 0 aliphatic rings. The number of halogens is 4. The van der Waals surface area contributed by atoms with Gasteiger partial charge in [0, 0.05) is 38.1 Å². The van der Waals surface area contributed by atoms with E-state index < -0.39 is 24.0 Å². The van der Waals surface area contributed by atoms with Crippen molar-refractivity contribution < 1.29 is 18.3 Å². The lowest BCUT2D eigenvalue weighted by Crippen LogP contribution is -2.45. The smallest absolute Gasteiger partial charge is 0.374 e. The van der Waals surface area contributed by atoms with Crippen LogP contribution in [0.15, 0.2) is 41.7 Å². The molecule has 2 aromatic rings. The Morgan fingerprint density at radius 3 is 2.41 bits per heavy atom. The summed E-state index contributed by atoms with van der Waals surface area (Å²) in [7, 11) is 1.39. The Kier molecular flexibility index (Phi) is 8.08. The fourth-order valence-corrected chi connectivity index (χ4v) is 2.49. The van der Waals surface area contributed by atoms with Gasteiger partial charge >= 0.3 is 6.18 Å². The van der Waals surface area contributed by atoms with E-state index in [1.165, 1.54) is 19.4 Å². The van der Waals surface area contributed by atoms with Crippen LogP contribution in [0.4, 0.5) is 18.9 Å². The van der Waals surface area contributed by atoms with Gasteiger partial charge in [-0.05, 0) is 24.1 Å². The molecule has 150 valence electrons. The minimum Gasteiger partial charge on any atom is -0.374 e. The normalized spacial score (nSPS) is 14.4. The maximum absolute atomic E-state index is 13.4. The molecular weight excluding hydrogens is 474 g/mol. The average molecular weight is 497 g/mol. The lowest BCUT2D eigenvalue weighted by atomic mass is 9.98. The zero-order valence-corrected chi connectivity index (χ0v) is 17.3. The second-order valence-corrected chi connectivity index (χ2v) is 5.91. The standard InChI is InChI=1S/C17H22F3N5O.HI/c1-3-12-4-6-13(7-5-12)24-15(21)23-9-8-16(26,17(18,19)20)14-22-10-11-25(14)2;/h4-7,10-11,26H,3,8-9H2,1-2H3,(H3,21,23,24);1H. The molecule has 27 heavy (non-hydrogen) atoms. The first-order valence-electron chi connectivity index (χ1n) is 8.10. The van der Waals surface area contributed by atoms with E-state index in [1.54, 1.807) is 12.1 Å². The van der Waals surface area contributed by atoms with Crippen LogP contribution in [0.1, 0.15) is 24.7 Å². The topological polar surface area (TPSA) is 88.5 Å². The number of nitrogens with one attached hydrogen (secondary N) is 1. The summed E-state index contributed by atoms with van der Waals surface area (Å²) >= 11 is 0. The monoisotopic (exact) mass is 497 g/mol. The van der Waals surface area contributed by atoms with Crippen LogP contribution in [0.25, 0.3) is 0 Å². The number of benzene rings is 1. The largest absolute Gasteiger partial charge is 0.424 e. The van der Waals surface area contributed by atoms with Crippen molar-refractivity contribution in [1.29, 1.82) is 0 Å². The number of rotatable bonds is 6. The van der Waals surface area contributed by atoms with E-state index in [9.17, 15) is 18.3 Å². The molecule has 2 rings (SSSR count). The molecule has 0 saturated heterocycles. The lowest BCUT2D eigenvalue weighted by molar-refractivity contribution is -0.272. The number of anilines is 1. The summed E-state index contributed by atoms with van der Waals surface area (Å²) in [5.41, 5.74) is 4.45. The fraction of sp³-hybridized carbons (Fsp3) is 0.412. The number of aliphatic imine (C=N–C) groups is 1. The highest BCUT2D eigenvalue weighted by Gasteiger charge is 2.57. The van der Waals surface area contributed by atoms with Gasteiger partial charge in [-0.15, -0.1) is 24.0 Å². The van der Waals surface area contributed by atoms with Crippen molar-refractivity contribution >= 4 is 35.6 Å². The highest BCUT2D eigenvalue weighted by atomic mass is 127. The van der Waals surface area contributed by atoms with Crippen LogP contribution < -0.4 is 11.1 Å². The number of guanidine groups is 1. The van der Waals surface area contributed by atoms with Gasteiger partial charge in [0.05, 0.1) is 0 Å². The molecule has 0 aliphatic carbocycles. The molecule has 1 atom stereocenters. The summed E-state index contributed by atoms with van der Waals surface area (Å²) in [6, 6.07) is 7.44. The molecule has 0 saturated carbocycles. The van der Waals surface area contributed by atoms with Crippen LogP contribution in [0.2, 0.25) is 0 Å². The van der Waals surface area contributed by atoms with E-state index in [0.717, 1.165) is 16.6 Å². The molecule has 1 aromatic heterocycles. The summed E-state index contributed by atoms with van der Waals surface area (Å²) in [6.07, 6.45) is -2.15. The lowest BCUT2D eigenvalue weighted by Gasteiger charge is -2.29. The zero-order valence-electron chi connectivity index (χ0n) is 15.0. The van der Waals surface area contributed by atoms with E-state index >= 15 is 0 Å². The molecule has 6 nitrogen and oxygen atoms in total. The number of nitrogens with zero attached hydrogens (tertiary/aromatic N) is 3. The summed E-state index contributed by atoms with van der Waals surface area (Å²) in [5, 5.41) is 13.0. The number of aliphatic hydroxyl groups is 1. The summed E-state index contributed by atoms with van der Waals surface area (Å²) in [6.45, 7) is 1.70. The maximum atomic E-state index is 13.4. The van der Waals surface area contributed by atoms with E-state index in [-0.39, 0.29) is 36.5 Å². The van der Waals surface area contributed by atoms with Gasteiger partial charge in [0.1, 0.15) is 5.82 Å². The van der Waals surface area contributed by atoms with Crippen LogP contribution in [-0.2, 0) is 19.1 Å². The van der Waals surface area contributed by atoms with Gasteiger partial charge in [-0.3, -0.25) is 4.99 Å². The van der Waals surface area contributed by atoms with Crippen LogP contribution in [0.5, 0.6) is 0 Å². The molecule has 0 bridgehead atoms. The van der Waals surface area contributed by atoms with E-state index in [0.29, 0.717) is 5.69 Å². The van der Waals surface area contributed by atoms with Crippen molar-refractivity contribution in [2.24, 2.45) is 17.8 Å². The van der Waals surface area contributed by atoms with Gasteiger partial charge in [-0.1, -0.05) is 19.1 Å². The number of aryl methyl sites for hydroxylation is 2. The summed E-state index contributed by atoms with van der Waals surface area (Å²) in [4.78, 5) is 7.52. The van der Waals surface area contributed by atoms with Gasteiger partial charge in [-0.25, -0.2) is 4.98 Å². The van der Waals surface area contributed by atoms with Crippen molar-refractivity contribution in [2.75, 3.05) is 11.9 Å². The highest BCUT2D eigenvalue weighted by molar-refractivity contribution is 14.0. The Bertz CT molecular complexity index is 761. The molecule has 1 aromatic carbocycles. The fourth-order valence-electron chi connectivity index (χ4n) is 2.49. The highest BCUT2D eigenvalue weighted by Crippen LogP contribution is 2.40. The van der Waals surface area contributed by atoms with Crippen molar-refractivity contribution in [3.63, 3.8) is 0 Å². The first-order valence-corrected chi connectivity index (χ1v) is 8.10. The van der Waals surface area contributed by atoms with Gasteiger partial charge in [0.2, 0.25) is 5.60 Å². The number of alkyl halides is 3. The molecule has 0 spiro atoms. The second-order valence-electron chi connectivity index (χ2n) is 5.91. The first-order chi connectivity index (χ1) is 12.2. The van der Waals surface area contributed by atoms with Crippen LogP contribution >= 0.6 is 24.0 Å². The van der Waals surface area contributed by atoms with Crippen LogP contribution in [-0.4, -0.2) is 33.3 Å². The molecular formula is C17H23F3IN5O. The van der Waals surface area contributed by atoms with E-state index in [4.69, 9.17) is 5.73 Å². The molecule has 4 N–H and O–H groups in total. The van der Waals surface area contributed by atoms with Gasteiger partial charge in [0.25, 0.3) is 0 Å². The predicted molar refractivity (Wildman–Crippen MR) is 109 cm³/mol.